The quantitative estimate of drug-likeness (QED) is 0.363. The highest BCUT2D eigenvalue weighted by molar-refractivity contribution is 8.13. The van der Waals surface area contributed by atoms with E-state index in [0.717, 1.165) is 15.6 Å². The van der Waals surface area contributed by atoms with Crippen molar-refractivity contribution >= 4 is 68.9 Å². The van der Waals surface area contributed by atoms with E-state index in [-0.39, 0.29) is 5.91 Å². The topological polar surface area (TPSA) is 54.8 Å². The smallest absolute Gasteiger partial charge is 0.283 e. The first-order valence-corrected chi connectivity index (χ1v) is 12.7. The molecule has 1 aromatic carbocycles. The van der Waals surface area contributed by atoms with E-state index in [1.54, 1.807) is 46.8 Å². The van der Waals surface area contributed by atoms with Gasteiger partial charge in [-0.1, -0.05) is 43.3 Å². The maximum absolute atomic E-state index is 13.3. The van der Waals surface area contributed by atoms with Crippen LogP contribution in [0.15, 0.2) is 51.8 Å². The minimum Gasteiger partial charge on any atom is -0.495 e. The number of amidine groups is 1. The van der Waals surface area contributed by atoms with Crippen molar-refractivity contribution in [2.24, 2.45) is 4.99 Å². The van der Waals surface area contributed by atoms with Crippen LogP contribution in [0, 0.1) is 0 Å². The molecule has 0 unspecified atom stereocenters. The Morgan fingerprint density at radius 1 is 1.29 bits per heavy atom. The van der Waals surface area contributed by atoms with Crippen LogP contribution in [0.4, 0.5) is 5.69 Å². The van der Waals surface area contributed by atoms with Crippen molar-refractivity contribution in [3.05, 3.63) is 67.4 Å². The SMILES string of the molecule is COc1ccc(N2C(=O)/C(=C\c3cccs3)N=C2SCc2csc(C(C)C)n2)cc1Cl. The maximum atomic E-state index is 13.3. The Hall–Kier alpha value is -2.13. The lowest BCUT2D eigenvalue weighted by atomic mass is 10.2. The first-order chi connectivity index (χ1) is 15.0. The Kier molecular flexibility index (Phi) is 6.81. The van der Waals surface area contributed by atoms with E-state index in [9.17, 15) is 4.79 Å². The average Bonchev–Trinajstić information content (AvgIpc) is 3.48. The summed E-state index contributed by atoms with van der Waals surface area (Å²) < 4.78 is 5.25. The van der Waals surface area contributed by atoms with Crippen LogP contribution in [0.3, 0.4) is 0 Å². The fourth-order valence-corrected chi connectivity index (χ4v) is 5.66. The van der Waals surface area contributed by atoms with Crippen molar-refractivity contribution < 1.29 is 9.53 Å². The van der Waals surface area contributed by atoms with Gasteiger partial charge in [-0.15, -0.1) is 22.7 Å². The van der Waals surface area contributed by atoms with Crippen LogP contribution >= 0.6 is 46.0 Å². The summed E-state index contributed by atoms with van der Waals surface area (Å²) in [6.07, 6.45) is 1.82. The number of amides is 1. The third kappa shape index (κ3) is 4.87. The number of hydrogen-bond acceptors (Lipinski definition) is 7. The van der Waals surface area contributed by atoms with Crippen LogP contribution in [0.5, 0.6) is 5.75 Å². The van der Waals surface area contributed by atoms with Gasteiger partial charge in [0.25, 0.3) is 5.91 Å². The molecule has 5 nitrogen and oxygen atoms in total. The first-order valence-electron chi connectivity index (χ1n) is 9.55. The summed E-state index contributed by atoms with van der Waals surface area (Å²) in [5.74, 6) is 1.40. The molecule has 0 saturated carbocycles. The number of ether oxygens (including phenoxy) is 1. The first kappa shape index (κ1) is 22.1. The number of benzene rings is 1. The van der Waals surface area contributed by atoms with Crippen LogP contribution in [0.1, 0.15) is 35.3 Å². The van der Waals surface area contributed by atoms with Crippen molar-refractivity contribution in [2.45, 2.75) is 25.5 Å². The van der Waals surface area contributed by atoms with Crippen molar-refractivity contribution in [1.82, 2.24) is 4.98 Å². The number of thiazole rings is 1. The largest absolute Gasteiger partial charge is 0.495 e. The number of hydrogen-bond donors (Lipinski definition) is 0. The van der Waals surface area contributed by atoms with Gasteiger partial charge in [0.05, 0.1) is 28.5 Å². The predicted molar refractivity (Wildman–Crippen MR) is 133 cm³/mol. The third-order valence-electron chi connectivity index (χ3n) is 4.46. The van der Waals surface area contributed by atoms with Crippen molar-refractivity contribution in [1.29, 1.82) is 0 Å². The molecule has 2 aromatic heterocycles. The van der Waals surface area contributed by atoms with E-state index in [0.29, 0.717) is 39.0 Å². The molecule has 0 N–H and O–H groups in total. The summed E-state index contributed by atoms with van der Waals surface area (Å²) in [4.78, 5) is 25.2. The predicted octanol–water partition coefficient (Wildman–Crippen LogP) is 6.67. The highest BCUT2D eigenvalue weighted by Crippen LogP contribution is 2.35. The molecule has 0 fully saturated rings. The lowest BCUT2D eigenvalue weighted by Gasteiger charge is -2.18. The second kappa shape index (κ2) is 9.56. The number of anilines is 1. The standard InChI is InChI=1S/C22H20ClN3O2S3/c1-13(2)20-24-14(11-30-20)12-31-22-25-18(10-16-5-4-8-29-16)21(27)26(22)15-6-7-19(28-3)17(23)9-15/h4-11,13H,12H2,1-3H3/b18-10+. The van der Waals surface area contributed by atoms with E-state index in [1.165, 1.54) is 11.8 Å². The summed E-state index contributed by atoms with van der Waals surface area (Å²) >= 11 is 11.0. The molecular weight excluding hydrogens is 470 g/mol. The second-order valence-electron chi connectivity index (χ2n) is 7.02. The van der Waals surface area contributed by atoms with Gasteiger partial charge in [-0.05, 0) is 35.7 Å². The van der Waals surface area contributed by atoms with E-state index >= 15 is 0 Å². The molecule has 0 radical (unpaired) electrons. The molecule has 0 saturated heterocycles. The molecule has 0 aliphatic carbocycles. The van der Waals surface area contributed by atoms with E-state index in [4.69, 9.17) is 21.3 Å². The number of methoxy groups -OCH3 is 1. The molecule has 0 atom stereocenters. The molecule has 1 amide bonds. The fourth-order valence-electron chi connectivity index (χ4n) is 2.92. The molecule has 160 valence electrons. The number of carbonyl (C=O) groups excluding carboxylic acids is 1. The van der Waals surface area contributed by atoms with Crippen molar-refractivity contribution in [3.8, 4) is 5.75 Å². The summed E-state index contributed by atoms with van der Waals surface area (Å²) in [6.45, 7) is 4.26. The van der Waals surface area contributed by atoms with Crippen LogP contribution in [0.25, 0.3) is 6.08 Å². The molecule has 31 heavy (non-hydrogen) atoms. The number of nitrogens with zero attached hydrogens (tertiary/aromatic N) is 3. The van der Waals surface area contributed by atoms with Gasteiger partial charge in [0, 0.05) is 21.9 Å². The zero-order valence-corrected chi connectivity index (χ0v) is 20.4. The highest BCUT2D eigenvalue weighted by Gasteiger charge is 2.32. The van der Waals surface area contributed by atoms with Crippen LogP contribution in [0.2, 0.25) is 5.02 Å². The van der Waals surface area contributed by atoms with Gasteiger partial charge in [-0.2, -0.15) is 0 Å². The minimum atomic E-state index is -0.182. The monoisotopic (exact) mass is 489 g/mol. The molecule has 3 heterocycles. The number of halogens is 1. The normalized spacial score (nSPS) is 15.3. The lowest BCUT2D eigenvalue weighted by Crippen LogP contribution is -2.30. The fraction of sp³-hybridized carbons (Fsp3) is 0.227. The molecule has 4 rings (SSSR count). The Morgan fingerprint density at radius 3 is 2.77 bits per heavy atom. The van der Waals surface area contributed by atoms with Crippen LogP contribution in [-0.4, -0.2) is 23.2 Å². The Bertz CT molecular complexity index is 1150. The number of carbonyl (C=O) groups is 1. The number of thioether (sulfide) groups is 1. The van der Waals surface area contributed by atoms with E-state index in [2.05, 4.69) is 24.2 Å². The summed E-state index contributed by atoms with van der Waals surface area (Å²) in [6, 6.07) is 9.20. The van der Waals surface area contributed by atoms with Gasteiger partial charge in [0.1, 0.15) is 11.4 Å². The molecule has 0 spiro atoms. The van der Waals surface area contributed by atoms with Gasteiger partial charge in [-0.3, -0.25) is 9.69 Å². The molecule has 1 aliphatic rings. The molecule has 9 heteroatoms. The zero-order valence-electron chi connectivity index (χ0n) is 17.2. The zero-order chi connectivity index (χ0) is 22.0. The van der Waals surface area contributed by atoms with Gasteiger partial charge < -0.3 is 4.74 Å². The van der Waals surface area contributed by atoms with E-state index in [1.807, 2.05) is 29.7 Å². The summed E-state index contributed by atoms with van der Waals surface area (Å²) in [7, 11) is 1.56. The number of rotatable bonds is 6. The van der Waals surface area contributed by atoms with Crippen molar-refractivity contribution in [2.75, 3.05) is 12.0 Å². The molecular formula is C22H20ClN3O2S3. The lowest BCUT2D eigenvalue weighted by molar-refractivity contribution is -0.113. The van der Waals surface area contributed by atoms with Gasteiger partial charge in [0.15, 0.2) is 5.17 Å². The number of aliphatic imine (C=N–C) groups is 1. The molecule has 0 bridgehead atoms. The number of thiophene rings is 1. The van der Waals surface area contributed by atoms with Gasteiger partial charge in [0.2, 0.25) is 0 Å². The van der Waals surface area contributed by atoms with Crippen LogP contribution in [-0.2, 0) is 10.5 Å². The van der Waals surface area contributed by atoms with Crippen LogP contribution < -0.4 is 9.64 Å². The van der Waals surface area contributed by atoms with Gasteiger partial charge >= 0.3 is 0 Å². The Morgan fingerprint density at radius 2 is 2.13 bits per heavy atom. The second-order valence-corrected chi connectivity index (χ2v) is 10.2. The molecule has 3 aromatic rings. The van der Waals surface area contributed by atoms with E-state index < -0.39 is 0 Å². The maximum Gasteiger partial charge on any atom is 0.283 e. The van der Waals surface area contributed by atoms with Crippen molar-refractivity contribution in [3.63, 3.8) is 0 Å². The Balaban J connectivity index is 1.64. The summed E-state index contributed by atoms with van der Waals surface area (Å²) in [5.41, 5.74) is 2.04. The molecule has 1 aliphatic heterocycles. The Labute approximate surface area is 198 Å². The summed E-state index contributed by atoms with van der Waals surface area (Å²) in [5, 5.41) is 6.19. The minimum absolute atomic E-state index is 0.182. The third-order valence-corrected chi connectivity index (χ3v) is 7.74. The number of aromatic nitrogens is 1. The average molecular weight is 490 g/mol. The van der Waals surface area contributed by atoms with Gasteiger partial charge in [-0.25, -0.2) is 9.98 Å². The highest BCUT2D eigenvalue weighted by atomic mass is 35.5.